The Labute approximate surface area is 114 Å². The van der Waals surface area contributed by atoms with Crippen LogP contribution < -0.4 is 5.73 Å². The molecule has 0 aliphatic heterocycles. The second-order valence-corrected chi connectivity index (χ2v) is 5.77. The van der Waals surface area contributed by atoms with Crippen LogP contribution in [-0.2, 0) is 6.54 Å². The molecule has 2 N–H and O–H groups in total. The third-order valence-electron chi connectivity index (χ3n) is 4.26. The van der Waals surface area contributed by atoms with E-state index >= 15 is 0 Å². The Morgan fingerprint density at radius 3 is 2.89 bits per heavy atom. The molecule has 0 radical (unpaired) electrons. The van der Waals surface area contributed by atoms with Gasteiger partial charge in [0.05, 0.1) is 11.0 Å². The molecule has 1 heterocycles. The van der Waals surface area contributed by atoms with E-state index in [4.69, 9.17) is 5.73 Å². The summed E-state index contributed by atoms with van der Waals surface area (Å²) in [6.45, 7) is 5.29. The average molecular weight is 258 g/mol. The molecule has 0 spiro atoms. The second-order valence-electron chi connectivity index (χ2n) is 5.77. The summed E-state index contributed by atoms with van der Waals surface area (Å²) in [5.41, 5.74) is 9.51. The minimum absolute atomic E-state index is 0.479. The van der Waals surface area contributed by atoms with Crippen LogP contribution in [0, 0.1) is 6.92 Å². The molecule has 0 amide bonds. The van der Waals surface area contributed by atoms with Gasteiger partial charge in [-0.2, -0.15) is 0 Å². The molecule has 3 rings (SSSR count). The van der Waals surface area contributed by atoms with Crippen LogP contribution in [0.4, 0.5) is 5.95 Å². The van der Waals surface area contributed by atoms with Crippen molar-refractivity contribution in [2.75, 3.05) is 12.8 Å². The third kappa shape index (κ3) is 2.21. The van der Waals surface area contributed by atoms with Crippen molar-refractivity contribution < 1.29 is 0 Å². The van der Waals surface area contributed by atoms with Crippen molar-refractivity contribution in [2.45, 2.75) is 45.3 Å². The molecule has 1 aliphatic carbocycles. The molecule has 19 heavy (non-hydrogen) atoms. The molecule has 1 aromatic heterocycles. The molecule has 1 aromatic carbocycles. The van der Waals surface area contributed by atoms with Crippen molar-refractivity contribution in [3.63, 3.8) is 0 Å². The highest BCUT2D eigenvalue weighted by Gasteiger charge is 2.29. The van der Waals surface area contributed by atoms with Gasteiger partial charge >= 0.3 is 0 Å². The van der Waals surface area contributed by atoms with Gasteiger partial charge in [0.2, 0.25) is 5.95 Å². The van der Waals surface area contributed by atoms with Crippen molar-refractivity contribution in [3.8, 4) is 0 Å². The first-order valence-electron chi connectivity index (χ1n) is 7.01. The monoisotopic (exact) mass is 258 g/mol. The number of imidazole rings is 1. The number of nitrogen functional groups attached to an aromatic ring is 1. The molecule has 2 aromatic rings. The maximum Gasteiger partial charge on any atom is 0.201 e. The van der Waals surface area contributed by atoms with Gasteiger partial charge in [-0.25, -0.2) is 4.98 Å². The van der Waals surface area contributed by atoms with Gasteiger partial charge in [-0.05, 0) is 45.4 Å². The summed E-state index contributed by atoms with van der Waals surface area (Å²) in [6, 6.07) is 7.44. The highest BCUT2D eigenvalue weighted by Crippen LogP contribution is 2.28. The molecule has 102 valence electrons. The van der Waals surface area contributed by atoms with Gasteiger partial charge < -0.3 is 10.3 Å². The van der Waals surface area contributed by atoms with Gasteiger partial charge in [0.25, 0.3) is 0 Å². The lowest BCUT2D eigenvalue weighted by atomic mass is 10.2. The van der Waals surface area contributed by atoms with Gasteiger partial charge in [0, 0.05) is 18.6 Å². The summed E-state index contributed by atoms with van der Waals surface area (Å²) in [4.78, 5) is 6.93. The van der Waals surface area contributed by atoms with Crippen molar-refractivity contribution in [1.82, 2.24) is 14.5 Å². The van der Waals surface area contributed by atoms with Gasteiger partial charge in [-0.1, -0.05) is 12.1 Å². The Morgan fingerprint density at radius 2 is 2.21 bits per heavy atom. The predicted octanol–water partition coefficient (Wildman–Crippen LogP) is 2.41. The van der Waals surface area contributed by atoms with Gasteiger partial charge in [0.15, 0.2) is 0 Å². The summed E-state index contributed by atoms with van der Waals surface area (Å²) in [5.74, 6) is 0.625. The Hall–Kier alpha value is -1.55. The first-order valence-corrected chi connectivity index (χ1v) is 7.01. The summed E-state index contributed by atoms with van der Waals surface area (Å²) in [7, 11) is 2.21. The SMILES string of the molecule is Cc1cccc2nc(N)n(CC(C)N(C)C3CC3)c12. The number of benzene rings is 1. The van der Waals surface area contributed by atoms with Crippen LogP contribution in [0.1, 0.15) is 25.3 Å². The molecular formula is C15H22N4. The fourth-order valence-electron chi connectivity index (χ4n) is 2.80. The zero-order valence-corrected chi connectivity index (χ0v) is 11.9. The number of fused-ring (bicyclic) bond motifs is 1. The van der Waals surface area contributed by atoms with E-state index in [0.717, 1.165) is 18.1 Å². The van der Waals surface area contributed by atoms with E-state index in [1.165, 1.54) is 23.9 Å². The molecule has 4 nitrogen and oxygen atoms in total. The van der Waals surface area contributed by atoms with E-state index in [-0.39, 0.29) is 0 Å². The fourth-order valence-corrected chi connectivity index (χ4v) is 2.80. The van der Waals surface area contributed by atoms with E-state index in [1.54, 1.807) is 0 Å². The minimum Gasteiger partial charge on any atom is -0.369 e. The maximum atomic E-state index is 6.10. The van der Waals surface area contributed by atoms with E-state index in [0.29, 0.717) is 12.0 Å². The molecule has 1 saturated carbocycles. The van der Waals surface area contributed by atoms with E-state index in [9.17, 15) is 0 Å². The molecule has 1 aliphatic rings. The zero-order chi connectivity index (χ0) is 13.6. The van der Waals surface area contributed by atoms with E-state index in [1.807, 2.05) is 12.1 Å². The number of nitrogens with two attached hydrogens (primary N) is 1. The number of hydrogen-bond acceptors (Lipinski definition) is 3. The van der Waals surface area contributed by atoms with Crippen molar-refractivity contribution in [2.24, 2.45) is 0 Å². The smallest absolute Gasteiger partial charge is 0.201 e. The second kappa shape index (κ2) is 4.53. The molecule has 1 fully saturated rings. The number of likely N-dealkylation sites (N-methyl/N-ethyl adjacent to an activating group) is 1. The molecule has 1 atom stereocenters. The van der Waals surface area contributed by atoms with Crippen LogP contribution in [0.3, 0.4) is 0 Å². The largest absolute Gasteiger partial charge is 0.369 e. The Bertz CT molecular complexity index is 597. The summed E-state index contributed by atoms with van der Waals surface area (Å²) < 4.78 is 2.16. The number of anilines is 1. The number of para-hydroxylation sites is 1. The predicted molar refractivity (Wildman–Crippen MR) is 79.1 cm³/mol. The van der Waals surface area contributed by atoms with Crippen molar-refractivity contribution in [3.05, 3.63) is 23.8 Å². The number of nitrogens with zero attached hydrogens (tertiary/aromatic N) is 3. The lowest BCUT2D eigenvalue weighted by Crippen LogP contribution is -2.34. The van der Waals surface area contributed by atoms with Crippen molar-refractivity contribution in [1.29, 1.82) is 0 Å². The highest BCUT2D eigenvalue weighted by molar-refractivity contribution is 5.81. The highest BCUT2D eigenvalue weighted by atomic mass is 15.2. The molecule has 0 saturated heterocycles. The van der Waals surface area contributed by atoms with E-state index in [2.05, 4.69) is 41.4 Å². The van der Waals surface area contributed by atoms with E-state index < -0.39 is 0 Å². The minimum atomic E-state index is 0.479. The maximum absolute atomic E-state index is 6.10. The van der Waals surface area contributed by atoms with Crippen LogP contribution in [0.15, 0.2) is 18.2 Å². The first kappa shape index (κ1) is 12.5. The van der Waals surface area contributed by atoms with Crippen LogP contribution in [-0.4, -0.2) is 33.6 Å². The Kier molecular flexibility index (Phi) is 2.97. The molecular weight excluding hydrogens is 236 g/mol. The Balaban J connectivity index is 1.93. The number of rotatable bonds is 4. The molecule has 0 bridgehead atoms. The summed E-state index contributed by atoms with van der Waals surface area (Å²) in [5, 5.41) is 0. The van der Waals surface area contributed by atoms with Crippen LogP contribution >= 0.6 is 0 Å². The quantitative estimate of drug-likeness (QED) is 0.916. The van der Waals surface area contributed by atoms with Gasteiger partial charge in [-0.15, -0.1) is 0 Å². The van der Waals surface area contributed by atoms with Crippen LogP contribution in [0.2, 0.25) is 0 Å². The number of hydrogen-bond donors (Lipinski definition) is 1. The van der Waals surface area contributed by atoms with Crippen LogP contribution in [0.25, 0.3) is 11.0 Å². The average Bonchev–Trinajstić information content (AvgIpc) is 3.16. The zero-order valence-electron chi connectivity index (χ0n) is 11.9. The topological polar surface area (TPSA) is 47.1 Å². The summed E-state index contributed by atoms with van der Waals surface area (Å²) >= 11 is 0. The van der Waals surface area contributed by atoms with Gasteiger partial charge in [0.1, 0.15) is 0 Å². The fraction of sp³-hybridized carbons (Fsp3) is 0.533. The first-order chi connectivity index (χ1) is 9.08. The third-order valence-corrected chi connectivity index (χ3v) is 4.26. The van der Waals surface area contributed by atoms with Gasteiger partial charge in [-0.3, -0.25) is 4.90 Å². The number of aromatic nitrogens is 2. The van der Waals surface area contributed by atoms with Crippen molar-refractivity contribution >= 4 is 17.0 Å². The lowest BCUT2D eigenvalue weighted by molar-refractivity contribution is 0.228. The lowest BCUT2D eigenvalue weighted by Gasteiger charge is -2.25. The normalized spacial score (nSPS) is 17.3. The molecule has 1 unspecified atom stereocenters. The molecule has 4 heteroatoms. The summed E-state index contributed by atoms with van der Waals surface area (Å²) in [6.07, 6.45) is 2.67. The number of aryl methyl sites for hydroxylation is 1. The standard InChI is InChI=1S/C15H22N4/c1-10-5-4-6-13-14(10)19(15(16)17-13)9-11(2)18(3)12-7-8-12/h4-6,11-12H,7-9H2,1-3H3,(H2,16,17). The van der Waals surface area contributed by atoms with Crippen LogP contribution in [0.5, 0.6) is 0 Å². The Morgan fingerprint density at radius 1 is 1.47 bits per heavy atom.